The van der Waals surface area contributed by atoms with E-state index in [2.05, 4.69) is 10.4 Å². The topological polar surface area (TPSA) is 87.5 Å². The van der Waals surface area contributed by atoms with Gasteiger partial charge in [0.05, 0.1) is 18.0 Å². The van der Waals surface area contributed by atoms with E-state index in [9.17, 15) is 13.2 Å². The van der Waals surface area contributed by atoms with Crippen molar-refractivity contribution < 1.29 is 13.2 Å². The third kappa shape index (κ3) is 3.50. The minimum Gasteiger partial charge on any atom is -0.337 e. The van der Waals surface area contributed by atoms with Gasteiger partial charge < -0.3 is 10.2 Å². The van der Waals surface area contributed by atoms with Crippen molar-refractivity contribution in [2.24, 2.45) is 7.05 Å². The van der Waals surface area contributed by atoms with Crippen molar-refractivity contribution in [1.82, 2.24) is 24.3 Å². The number of hydrogen-bond acceptors (Lipinski definition) is 4. The fraction of sp³-hybridized carbons (Fsp3) is 0.714. The number of urea groups is 1. The molecule has 0 aromatic carbocycles. The van der Waals surface area contributed by atoms with E-state index in [1.54, 1.807) is 10.9 Å². The van der Waals surface area contributed by atoms with Crippen molar-refractivity contribution in [2.75, 3.05) is 31.9 Å². The number of carbonyl (C=O) groups is 1. The maximum Gasteiger partial charge on any atom is 0.317 e. The number of hydrogen-bond donors (Lipinski definition) is 1. The molecule has 23 heavy (non-hydrogen) atoms. The first-order valence-electron chi connectivity index (χ1n) is 7.98. The van der Waals surface area contributed by atoms with Gasteiger partial charge in [-0.15, -0.1) is 0 Å². The lowest BCUT2D eigenvalue weighted by Gasteiger charge is -2.24. The molecule has 1 aromatic heterocycles. The minimum atomic E-state index is -3.10. The van der Waals surface area contributed by atoms with Gasteiger partial charge in [0.25, 0.3) is 0 Å². The van der Waals surface area contributed by atoms with Gasteiger partial charge >= 0.3 is 6.03 Å². The Hall–Kier alpha value is -1.61. The van der Waals surface area contributed by atoms with Crippen LogP contribution in [0.2, 0.25) is 0 Å². The molecular formula is C14H23N5O3S. The van der Waals surface area contributed by atoms with Crippen LogP contribution in [0, 0.1) is 0 Å². The molecule has 0 aliphatic carbocycles. The summed E-state index contributed by atoms with van der Waals surface area (Å²) in [6.07, 6.45) is 6.30. The Bertz CT molecular complexity index is 672. The second kappa shape index (κ2) is 6.48. The molecule has 2 fully saturated rings. The maximum atomic E-state index is 12.4. The van der Waals surface area contributed by atoms with Crippen molar-refractivity contribution in [3.63, 3.8) is 0 Å². The lowest BCUT2D eigenvalue weighted by atomic mass is 10.1. The average Bonchev–Trinajstić information content (AvgIpc) is 3.19. The highest BCUT2D eigenvalue weighted by Gasteiger charge is 2.31. The predicted molar refractivity (Wildman–Crippen MR) is 85.3 cm³/mol. The van der Waals surface area contributed by atoms with Gasteiger partial charge in [0.1, 0.15) is 0 Å². The number of nitrogens with zero attached hydrogens (tertiary/aromatic N) is 4. The predicted octanol–water partition coefficient (Wildman–Crippen LogP) is 0.302. The zero-order valence-electron chi connectivity index (χ0n) is 13.3. The van der Waals surface area contributed by atoms with Gasteiger partial charge in [-0.25, -0.2) is 17.5 Å². The first-order chi connectivity index (χ1) is 11.0. The lowest BCUT2D eigenvalue weighted by molar-refractivity contribution is 0.192. The van der Waals surface area contributed by atoms with Crippen LogP contribution in [-0.2, 0) is 17.1 Å². The van der Waals surface area contributed by atoms with Crippen LogP contribution in [0.15, 0.2) is 12.4 Å². The highest BCUT2D eigenvalue weighted by molar-refractivity contribution is 7.89. The van der Waals surface area contributed by atoms with Crippen LogP contribution < -0.4 is 5.32 Å². The van der Waals surface area contributed by atoms with Gasteiger partial charge in [-0.05, 0) is 19.3 Å². The van der Waals surface area contributed by atoms with Gasteiger partial charge in [0.2, 0.25) is 10.0 Å². The van der Waals surface area contributed by atoms with Crippen LogP contribution in [0.4, 0.5) is 4.79 Å². The summed E-state index contributed by atoms with van der Waals surface area (Å²) in [5.74, 6) is 0.218. The Morgan fingerprint density at radius 1 is 1.39 bits per heavy atom. The summed E-state index contributed by atoms with van der Waals surface area (Å²) < 4.78 is 26.6. The number of likely N-dealkylation sites (tertiary alicyclic amines) is 1. The summed E-state index contributed by atoms with van der Waals surface area (Å²) in [6.45, 7) is 1.96. The van der Waals surface area contributed by atoms with E-state index in [1.165, 1.54) is 4.31 Å². The SMILES string of the molecule is Cn1cc([C@H]2CCCN2C(=O)NCCN2CCCS2(=O)=O)cn1. The highest BCUT2D eigenvalue weighted by atomic mass is 32.2. The first kappa shape index (κ1) is 16.3. The molecule has 2 amide bonds. The van der Waals surface area contributed by atoms with Crippen molar-refractivity contribution in [3.05, 3.63) is 18.0 Å². The van der Waals surface area contributed by atoms with Crippen molar-refractivity contribution >= 4 is 16.1 Å². The molecule has 2 aliphatic rings. The molecule has 8 nitrogen and oxygen atoms in total. The van der Waals surface area contributed by atoms with Crippen LogP contribution in [0.1, 0.15) is 30.9 Å². The molecule has 1 N–H and O–H groups in total. The fourth-order valence-corrected chi connectivity index (χ4v) is 4.83. The number of carbonyl (C=O) groups excluding carboxylic acids is 1. The van der Waals surface area contributed by atoms with Crippen LogP contribution in [0.25, 0.3) is 0 Å². The zero-order chi connectivity index (χ0) is 16.4. The smallest absolute Gasteiger partial charge is 0.317 e. The van der Waals surface area contributed by atoms with Crippen molar-refractivity contribution in [2.45, 2.75) is 25.3 Å². The molecule has 2 aliphatic heterocycles. The van der Waals surface area contributed by atoms with Crippen molar-refractivity contribution in [3.8, 4) is 0 Å². The number of aromatic nitrogens is 2. The second-order valence-electron chi connectivity index (χ2n) is 6.10. The Morgan fingerprint density at radius 2 is 2.22 bits per heavy atom. The highest BCUT2D eigenvalue weighted by Crippen LogP contribution is 2.31. The molecule has 0 radical (unpaired) electrons. The summed E-state index contributed by atoms with van der Waals surface area (Å²) in [7, 11) is -1.24. The maximum absolute atomic E-state index is 12.4. The Labute approximate surface area is 136 Å². The summed E-state index contributed by atoms with van der Waals surface area (Å²) in [4.78, 5) is 14.2. The van der Waals surface area contributed by atoms with E-state index < -0.39 is 10.0 Å². The van der Waals surface area contributed by atoms with Gasteiger partial charge in [0, 0.05) is 45.0 Å². The Balaban J connectivity index is 1.53. The third-order valence-corrected chi connectivity index (χ3v) is 6.42. The van der Waals surface area contributed by atoms with Gasteiger partial charge in [-0.3, -0.25) is 4.68 Å². The lowest BCUT2D eigenvalue weighted by Crippen LogP contribution is -2.43. The molecule has 2 saturated heterocycles. The molecule has 0 bridgehead atoms. The number of amides is 2. The largest absolute Gasteiger partial charge is 0.337 e. The number of aryl methyl sites for hydroxylation is 1. The molecule has 0 spiro atoms. The summed E-state index contributed by atoms with van der Waals surface area (Å²) in [5, 5.41) is 7.02. The van der Waals surface area contributed by atoms with Gasteiger partial charge in [-0.1, -0.05) is 0 Å². The van der Waals surface area contributed by atoms with E-state index in [-0.39, 0.29) is 17.8 Å². The average molecular weight is 341 g/mol. The van der Waals surface area contributed by atoms with E-state index in [4.69, 9.17) is 0 Å². The standard InChI is InChI=1S/C14H23N5O3S/c1-17-11-12(10-16-17)13-4-2-7-19(13)14(20)15-5-8-18-6-3-9-23(18,21)22/h10-11,13H,2-9H2,1H3,(H,15,20)/t13-/m1/s1. The minimum absolute atomic E-state index is 0.0548. The summed E-state index contributed by atoms with van der Waals surface area (Å²) in [6, 6.07) is -0.0767. The molecule has 3 rings (SSSR count). The Morgan fingerprint density at radius 3 is 2.87 bits per heavy atom. The molecular weight excluding hydrogens is 318 g/mol. The van der Waals surface area contributed by atoms with Crippen LogP contribution in [0.5, 0.6) is 0 Å². The van der Waals surface area contributed by atoms with Crippen LogP contribution in [0.3, 0.4) is 0 Å². The van der Waals surface area contributed by atoms with E-state index in [0.717, 1.165) is 18.4 Å². The normalized spacial score (nSPS) is 24.2. The van der Waals surface area contributed by atoms with Gasteiger partial charge in [0.15, 0.2) is 0 Å². The number of nitrogens with one attached hydrogen (secondary N) is 1. The first-order valence-corrected chi connectivity index (χ1v) is 9.59. The van der Waals surface area contributed by atoms with Crippen molar-refractivity contribution in [1.29, 1.82) is 0 Å². The van der Waals surface area contributed by atoms with E-state index in [1.807, 2.05) is 18.1 Å². The number of sulfonamides is 1. The van der Waals surface area contributed by atoms with E-state index >= 15 is 0 Å². The number of rotatable bonds is 4. The van der Waals surface area contributed by atoms with Gasteiger partial charge in [-0.2, -0.15) is 5.10 Å². The molecule has 3 heterocycles. The molecule has 1 aromatic rings. The van der Waals surface area contributed by atoms with Crippen LogP contribution >= 0.6 is 0 Å². The monoisotopic (exact) mass is 341 g/mol. The zero-order valence-corrected chi connectivity index (χ0v) is 14.1. The van der Waals surface area contributed by atoms with Crippen LogP contribution in [-0.4, -0.2) is 65.4 Å². The summed E-state index contributed by atoms with van der Waals surface area (Å²) >= 11 is 0. The molecule has 0 saturated carbocycles. The molecule has 9 heteroatoms. The Kier molecular flexibility index (Phi) is 4.58. The second-order valence-corrected chi connectivity index (χ2v) is 8.19. The molecule has 0 unspecified atom stereocenters. The van der Waals surface area contributed by atoms with E-state index in [0.29, 0.717) is 32.6 Å². The summed E-state index contributed by atoms with van der Waals surface area (Å²) in [5.41, 5.74) is 1.04. The molecule has 1 atom stereocenters. The fourth-order valence-electron chi connectivity index (χ4n) is 3.30. The third-order valence-electron chi connectivity index (χ3n) is 4.46. The molecule has 128 valence electrons. The quantitative estimate of drug-likeness (QED) is 0.853.